The van der Waals surface area contributed by atoms with Crippen molar-refractivity contribution < 1.29 is 9.05 Å². The number of unbranched alkanes of at least 4 members (excludes halogenated alkanes) is 1. The van der Waals surface area contributed by atoms with Crippen LogP contribution in [0.1, 0.15) is 52.9 Å². The van der Waals surface area contributed by atoms with Crippen LogP contribution in [0, 0.1) is 17.8 Å². The smallest absolute Gasteiger partial charge is 0.107 e. The van der Waals surface area contributed by atoms with Crippen LogP contribution in [0.15, 0.2) is 48.6 Å². The SMILES string of the molecule is CCCCC(OP(P)P)C(/C=C/C=C/C=C/CC#C/C=C/C(C)CC)OPP. The van der Waals surface area contributed by atoms with Crippen LogP contribution < -0.4 is 0 Å². The Labute approximate surface area is 183 Å². The second-order valence-corrected chi connectivity index (χ2v) is 13.3. The molecule has 7 atom stereocenters. The zero-order valence-corrected chi connectivity index (χ0v) is 22.7. The molecule has 0 aromatic heterocycles. The zero-order valence-electron chi connectivity index (χ0n) is 17.4. The normalized spacial score (nSPS) is 16.1. The lowest BCUT2D eigenvalue weighted by molar-refractivity contribution is 0.102. The average molecular weight is 476 g/mol. The van der Waals surface area contributed by atoms with Gasteiger partial charge in [0.1, 0.15) is 6.10 Å². The molecule has 0 heterocycles. The fourth-order valence-electron chi connectivity index (χ4n) is 2.13. The zero-order chi connectivity index (χ0) is 21.0. The number of rotatable bonds is 14. The molecule has 0 aromatic carbocycles. The van der Waals surface area contributed by atoms with Crippen molar-refractivity contribution in [2.45, 2.75) is 65.1 Å². The topological polar surface area (TPSA) is 18.5 Å². The molecule has 0 fully saturated rings. The Kier molecular flexibility index (Phi) is 21.3. The molecule has 0 N–H and O–H groups in total. The molecule has 0 spiro atoms. The van der Waals surface area contributed by atoms with Crippen molar-refractivity contribution >= 4 is 42.8 Å². The monoisotopic (exact) mass is 476 g/mol. The van der Waals surface area contributed by atoms with Crippen LogP contribution in [0.5, 0.6) is 0 Å². The summed E-state index contributed by atoms with van der Waals surface area (Å²) >= 11 is 0. The molecule has 0 aliphatic carbocycles. The van der Waals surface area contributed by atoms with Crippen LogP contribution in [-0.4, -0.2) is 12.2 Å². The van der Waals surface area contributed by atoms with E-state index in [1.807, 2.05) is 30.4 Å². The Morgan fingerprint density at radius 2 is 1.86 bits per heavy atom. The van der Waals surface area contributed by atoms with Crippen LogP contribution in [0.2, 0.25) is 0 Å². The molecule has 0 radical (unpaired) electrons. The largest absolute Gasteiger partial charge is 0.348 e. The molecule has 0 saturated heterocycles. The standard InChI is InChI=1S/C21H37O2P5/c1-4-6-17-21(23-28(25)26)20(22-27-24)18-15-13-11-9-7-8-10-12-14-16-19(3)5-2/h7,9,11,13-16,18-21,27H,4-6,8,17,24-26H2,1-3H3/b9-7+,13-11+,16-14+,18-15+. The molecule has 7 heteroatoms. The third-order valence-corrected chi connectivity index (χ3v) is 5.98. The van der Waals surface area contributed by atoms with Crippen molar-refractivity contribution in [1.82, 2.24) is 0 Å². The fourth-order valence-corrected chi connectivity index (χ4v) is 4.47. The van der Waals surface area contributed by atoms with E-state index >= 15 is 0 Å². The highest BCUT2D eigenvalue weighted by Crippen LogP contribution is 2.55. The van der Waals surface area contributed by atoms with Gasteiger partial charge in [0.15, 0.2) is 0 Å². The van der Waals surface area contributed by atoms with Gasteiger partial charge in [-0.2, -0.15) is 0 Å². The highest BCUT2D eigenvalue weighted by atomic mass is 32.4. The van der Waals surface area contributed by atoms with Gasteiger partial charge in [-0.1, -0.05) is 121 Å². The van der Waals surface area contributed by atoms with Gasteiger partial charge in [0.25, 0.3) is 0 Å². The first kappa shape index (κ1) is 28.6. The van der Waals surface area contributed by atoms with Crippen LogP contribution in [0.4, 0.5) is 0 Å². The molecule has 28 heavy (non-hydrogen) atoms. The average Bonchev–Trinajstić information content (AvgIpc) is 2.67. The highest BCUT2D eigenvalue weighted by molar-refractivity contribution is 8.41. The Morgan fingerprint density at radius 3 is 2.50 bits per heavy atom. The van der Waals surface area contributed by atoms with Gasteiger partial charge in [-0.05, 0) is 18.4 Å². The van der Waals surface area contributed by atoms with Gasteiger partial charge >= 0.3 is 0 Å². The fraction of sp³-hybridized carbons (Fsp3) is 0.524. The summed E-state index contributed by atoms with van der Waals surface area (Å²) in [5.74, 6) is 6.80. The first-order valence-corrected chi connectivity index (χ1v) is 17.0. The molecule has 158 valence electrons. The summed E-state index contributed by atoms with van der Waals surface area (Å²) in [6, 6.07) is 0. The van der Waals surface area contributed by atoms with Crippen molar-refractivity contribution in [1.29, 1.82) is 0 Å². The predicted molar refractivity (Wildman–Crippen MR) is 142 cm³/mol. The first-order valence-electron chi connectivity index (χ1n) is 9.77. The van der Waals surface area contributed by atoms with E-state index in [4.69, 9.17) is 9.05 Å². The van der Waals surface area contributed by atoms with E-state index < -0.39 is 7.53 Å². The Bertz CT molecular complexity index is 547. The van der Waals surface area contributed by atoms with Gasteiger partial charge in [-0.15, -0.1) is 0 Å². The quantitative estimate of drug-likeness (QED) is 0.144. The summed E-state index contributed by atoms with van der Waals surface area (Å²) in [5.41, 5.74) is 0. The van der Waals surface area contributed by atoms with Gasteiger partial charge in [0, 0.05) is 14.9 Å². The van der Waals surface area contributed by atoms with E-state index in [2.05, 4.69) is 77.6 Å². The summed E-state index contributed by atoms with van der Waals surface area (Å²) in [5, 5.41) is 0. The van der Waals surface area contributed by atoms with E-state index in [0.29, 0.717) is 14.4 Å². The lowest BCUT2D eigenvalue weighted by atomic mass is 10.1. The van der Waals surface area contributed by atoms with E-state index in [9.17, 15) is 0 Å². The lowest BCUT2D eigenvalue weighted by Crippen LogP contribution is -2.26. The van der Waals surface area contributed by atoms with Crippen molar-refractivity contribution in [3.05, 3.63) is 48.6 Å². The number of hydrogen-bond acceptors (Lipinski definition) is 2. The molecular weight excluding hydrogens is 439 g/mol. The van der Waals surface area contributed by atoms with Crippen LogP contribution >= 0.6 is 42.8 Å². The van der Waals surface area contributed by atoms with Crippen molar-refractivity contribution in [3.8, 4) is 11.8 Å². The summed E-state index contributed by atoms with van der Waals surface area (Å²) in [6.45, 7) is 6.58. The van der Waals surface area contributed by atoms with Crippen molar-refractivity contribution in [2.75, 3.05) is 0 Å². The summed E-state index contributed by atoms with van der Waals surface area (Å²) in [6.07, 6.45) is 21.7. The maximum absolute atomic E-state index is 6.08. The molecular formula is C21H37O2P5. The Hall–Kier alpha value is 0.590. The molecule has 0 rings (SSSR count). The first-order chi connectivity index (χ1) is 13.5. The van der Waals surface area contributed by atoms with Crippen LogP contribution in [-0.2, 0) is 9.05 Å². The van der Waals surface area contributed by atoms with Gasteiger partial charge in [0.05, 0.1) is 13.6 Å². The third kappa shape index (κ3) is 17.4. The Morgan fingerprint density at radius 1 is 1.11 bits per heavy atom. The molecule has 2 nitrogen and oxygen atoms in total. The predicted octanol–water partition coefficient (Wildman–Crippen LogP) is 7.97. The molecule has 0 aromatic rings. The molecule has 0 bridgehead atoms. The van der Waals surface area contributed by atoms with Crippen LogP contribution in [0.25, 0.3) is 0 Å². The lowest BCUT2D eigenvalue weighted by Gasteiger charge is -2.26. The highest BCUT2D eigenvalue weighted by Gasteiger charge is 2.21. The number of hydrogen-bond donors (Lipinski definition) is 0. The maximum Gasteiger partial charge on any atom is 0.107 e. The van der Waals surface area contributed by atoms with E-state index in [-0.39, 0.29) is 12.2 Å². The van der Waals surface area contributed by atoms with E-state index in [1.54, 1.807) is 0 Å². The second-order valence-electron chi connectivity index (χ2n) is 6.31. The van der Waals surface area contributed by atoms with Crippen molar-refractivity contribution in [3.63, 3.8) is 0 Å². The van der Waals surface area contributed by atoms with Gasteiger partial charge in [-0.3, -0.25) is 0 Å². The molecule has 7 unspecified atom stereocenters. The Balaban J connectivity index is 4.53. The van der Waals surface area contributed by atoms with E-state index in [0.717, 1.165) is 32.1 Å². The van der Waals surface area contributed by atoms with Gasteiger partial charge in [-0.25, -0.2) is 0 Å². The summed E-state index contributed by atoms with van der Waals surface area (Å²) < 4.78 is 12.0. The maximum atomic E-state index is 6.08. The molecule has 0 amide bonds. The third-order valence-electron chi connectivity index (χ3n) is 3.91. The van der Waals surface area contributed by atoms with Gasteiger partial charge in [0.2, 0.25) is 0 Å². The minimum atomic E-state index is -0.569. The molecule has 0 saturated carbocycles. The summed E-state index contributed by atoms with van der Waals surface area (Å²) in [4.78, 5) is 0. The second kappa shape index (κ2) is 20.8. The minimum absolute atomic E-state index is 0.0229. The van der Waals surface area contributed by atoms with Gasteiger partial charge < -0.3 is 9.05 Å². The van der Waals surface area contributed by atoms with E-state index in [1.165, 1.54) is 0 Å². The van der Waals surface area contributed by atoms with Crippen molar-refractivity contribution in [2.24, 2.45) is 5.92 Å². The van der Waals surface area contributed by atoms with Crippen LogP contribution in [0.3, 0.4) is 0 Å². The molecule has 0 aliphatic heterocycles. The number of allylic oxidation sites excluding steroid dienone is 7. The summed E-state index contributed by atoms with van der Waals surface area (Å²) in [7, 11) is 7.91. The molecule has 0 aliphatic rings. The minimum Gasteiger partial charge on any atom is -0.348 e.